The van der Waals surface area contributed by atoms with Crippen LogP contribution < -0.4 is 5.32 Å². The van der Waals surface area contributed by atoms with Gasteiger partial charge in [-0.05, 0) is 32.1 Å². The molecule has 0 aromatic rings. The van der Waals surface area contributed by atoms with Gasteiger partial charge in [-0.3, -0.25) is 4.79 Å². The van der Waals surface area contributed by atoms with Gasteiger partial charge >= 0.3 is 0 Å². The Kier molecular flexibility index (Phi) is 28.5. The third-order valence-electron chi connectivity index (χ3n) is 7.12. The average molecular weight is 522 g/mol. The van der Waals surface area contributed by atoms with Gasteiger partial charge < -0.3 is 15.5 Å². The fourth-order valence-corrected chi connectivity index (χ4v) is 4.60. The molecule has 0 aliphatic rings. The summed E-state index contributed by atoms with van der Waals surface area (Å²) >= 11 is 0. The number of carbonyl (C=O) groups excluding carboxylic acids is 1. The molecule has 0 spiro atoms. The zero-order chi connectivity index (χ0) is 27.2. The molecule has 37 heavy (non-hydrogen) atoms. The van der Waals surface area contributed by atoms with Gasteiger partial charge in [-0.15, -0.1) is 0 Å². The summed E-state index contributed by atoms with van der Waals surface area (Å²) < 4.78 is 0. The maximum Gasteiger partial charge on any atom is 0.248 e. The Morgan fingerprint density at radius 3 is 1.57 bits per heavy atom. The average Bonchev–Trinajstić information content (AvgIpc) is 2.90. The molecule has 0 bridgehead atoms. The summed E-state index contributed by atoms with van der Waals surface area (Å²) in [6.07, 6.45) is 34.7. The van der Waals surface area contributed by atoms with E-state index in [0.717, 1.165) is 32.1 Å². The highest BCUT2D eigenvalue weighted by Gasteiger charge is 2.14. The largest absolute Gasteiger partial charge is 0.387 e. The second-order valence-corrected chi connectivity index (χ2v) is 10.9. The van der Waals surface area contributed by atoms with Crippen molar-refractivity contribution in [3.05, 3.63) is 24.3 Å². The van der Waals surface area contributed by atoms with Crippen LogP contribution in [-0.4, -0.2) is 34.9 Å². The van der Waals surface area contributed by atoms with E-state index in [-0.39, 0.29) is 12.5 Å². The minimum atomic E-state index is -0.972. The Hall–Kier alpha value is -1.13. The lowest BCUT2D eigenvalue weighted by atomic mass is 10.0. The Bertz CT molecular complexity index is 532. The van der Waals surface area contributed by atoms with Crippen LogP contribution in [0.15, 0.2) is 24.3 Å². The van der Waals surface area contributed by atoms with Crippen molar-refractivity contribution in [2.45, 2.75) is 174 Å². The zero-order valence-corrected chi connectivity index (χ0v) is 24.7. The van der Waals surface area contributed by atoms with E-state index >= 15 is 0 Å². The number of rotatable bonds is 28. The summed E-state index contributed by atoms with van der Waals surface area (Å²) in [5.74, 6) is -0.371. The fraction of sp³-hybridized carbons (Fsp3) is 0.848. The predicted octanol–water partition coefficient (Wildman–Crippen LogP) is 8.95. The second kappa shape index (κ2) is 29.4. The molecule has 218 valence electrons. The number of aliphatic hydroxyl groups is 2. The molecular weight excluding hydrogens is 458 g/mol. The Balaban J connectivity index is 3.56. The van der Waals surface area contributed by atoms with Crippen LogP contribution in [0.5, 0.6) is 0 Å². The maximum absolute atomic E-state index is 12.1. The third-order valence-corrected chi connectivity index (χ3v) is 7.12. The van der Waals surface area contributed by atoms with E-state index in [1.165, 1.54) is 109 Å². The van der Waals surface area contributed by atoms with Gasteiger partial charge in [-0.2, -0.15) is 0 Å². The molecule has 0 aliphatic heterocycles. The number of aliphatic hydroxyl groups excluding tert-OH is 2. The molecule has 2 atom stereocenters. The summed E-state index contributed by atoms with van der Waals surface area (Å²) in [6, 6.07) is 0. The lowest BCUT2D eigenvalue weighted by molar-refractivity contribution is -0.130. The van der Waals surface area contributed by atoms with Gasteiger partial charge in [0.15, 0.2) is 0 Å². The number of allylic oxidation sites excluding steroid dienone is 3. The summed E-state index contributed by atoms with van der Waals surface area (Å²) in [5, 5.41) is 22.8. The molecule has 0 saturated carbocycles. The number of unbranched alkanes of at least 4 members (excludes halogenated alkanes) is 19. The molecule has 4 heteroatoms. The second-order valence-electron chi connectivity index (χ2n) is 10.9. The van der Waals surface area contributed by atoms with E-state index in [1.54, 1.807) is 6.08 Å². The first kappa shape index (κ1) is 35.9. The van der Waals surface area contributed by atoms with Gasteiger partial charge in [-0.1, -0.05) is 154 Å². The highest BCUT2D eigenvalue weighted by molar-refractivity contribution is 5.80. The lowest BCUT2D eigenvalue weighted by Gasteiger charge is -2.13. The SMILES string of the molecule is CCCCCCCCC/C=C/CC/C=C/[C@@H](O)CNC(=O)[C@H](O)CCCCCCCCCCCCCC. The van der Waals surface area contributed by atoms with Gasteiger partial charge in [0.1, 0.15) is 6.10 Å². The molecule has 0 fully saturated rings. The summed E-state index contributed by atoms with van der Waals surface area (Å²) in [4.78, 5) is 12.1. The first-order chi connectivity index (χ1) is 18.1. The van der Waals surface area contributed by atoms with Crippen molar-refractivity contribution in [3.63, 3.8) is 0 Å². The van der Waals surface area contributed by atoms with Crippen molar-refractivity contribution < 1.29 is 15.0 Å². The van der Waals surface area contributed by atoms with E-state index in [9.17, 15) is 15.0 Å². The van der Waals surface area contributed by atoms with Crippen LogP contribution in [0.4, 0.5) is 0 Å². The van der Waals surface area contributed by atoms with Crippen LogP contribution in [-0.2, 0) is 4.79 Å². The predicted molar refractivity (Wildman–Crippen MR) is 161 cm³/mol. The van der Waals surface area contributed by atoms with Crippen molar-refractivity contribution in [2.24, 2.45) is 0 Å². The first-order valence-electron chi connectivity index (χ1n) is 16.1. The van der Waals surface area contributed by atoms with E-state index in [4.69, 9.17) is 0 Å². The highest BCUT2D eigenvalue weighted by atomic mass is 16.3. The molecule has 0 rings (SSSR count). The lowest BCUT2D eigenvalue weighted by Crippen LogP contribution is -2.38. The van der Waals surface area contributed by atoms with Crippen molar-refractivity contribution in [1.82, 2.24) is 5.32 Å². The fourth-order valence-electron chi connectivity index (χ4n) is 4.60. The molecule has 0 aliphatic carbocycles. The van der Waals surface area contributed by atoms with Crippen molar-refractivity contribution in [2.75, 3.05) is 6.54 Å². The standard InChI is InChI=1S/C33H63NO3/c1-3-5-7-9-11-13-15-17-18-20-22-24-26-28-31(35)30-34-33(37)32(36)29-27-25-23-21-19-16-14-12-10-8-6-4-2/h18,20,26,28,31-32,35-36H,3-17,19,21-25,27,29-30H2,1-2H3,(H,34,37)/b20-18+,28-26+/t31-,32-/m1/s1. The van der Waals surface area contributed by atoms with Gasteiger partial charge in [0.05, 0.1) is 6.10 Å². The molecular formula is C33H63NO3. The topological polar surface area (TPSA) is 69.6 Å². The van der Waals surface area contributed by atoms with Gasteiger partial charge in [0.25, 0.3) is 0 Å². The minimum absolute atomic E-state index is 0.152. The molecule has 0 radical (unpaired) electrons. The molecule has 3 N–H and O–H groups in total. The van der Waals surface area contributed by atoms with Crippen molar-refractivity contribution in [3.8, 4) is 0 Å². The minimum Gasteiger partial charge on any atom is -0.387 e. The van der Waals surface area contributed by atoms with E-state index in [2.05, 4.69) is 31.3 Å². The number of carbonyl (C=O) groups is 1. The van der Waals surface area contributed by atoms with Gasteiger partial charge in [0, 0.05) is 6.54 Å². The molecule has 0 unspecified atom stereocenters. The van der Waals surface area contributed by atoms with Crippen LogP contribution in [0.3, 0.4) is 0 Å². The van der Waals surface area contributed by atoms with Crippen LogP contribution in [0.1, 0.15) is 162 Å². The van der Waals surface area contributed by atoms with Crippen LogP contribution in [0.25, 0.3) is 0 Å². The van der Waals surface area contributed by atoms with E-state index in [1.807, 2.05) is 6.08 Å². The van der Waals surface area contributed by atoms with Gasteiger partial charge in [0.2, 0.25) is 5.91 Å². The van der Waals surface area contributed by atoms with Crippen LogP contribution >= 0.6 is 0 Å². The molecule has 4 nitrogen and oxygen atoms in total. The van der Waals surface area contributed by atoms with E-state index in [0.29, 0.717) is 6.42 Å². The highest BCUT2D eigenvalue weighted by Crippen LogP contribution is 2.13. The smallest absolute Gasteiger partial charge is 0.248 e. The summed E-state index contributed by atoms with van der Waals surface area (Å²) in [5.41, 5.74) is 0. The summed E-state index contributed by atoms with van der Waals surface area (Å²) in [7, 11) is 0. The Morgan fingerprint density at radius 2 is 1.03 bits per heavy atom. The quantitative estimate of drug-likeness (QED) is 0.0711. The molecule has 1 amide bonds. The monoisotopic (exact) mass is 521 g/mol. The zero-order valence-electron chi connectivity index (χ0n) is 24.7. The molecule has 0 aromatic carbocycles. The van der Waals surface area contributed by atoms with Gasteiger partial charge in [-0.25, -0.2) is 0 Å². The first-order valence-corrected chi connectivity index (χ1v) is 16.1. The van der Waals surface area contributed by atoms with Crippen LogP contribution in [0.2, 0.25) is 0 Å². The Morgan fingerprint density at radius 1 is 0.595 bits per heavy atom. The number of hydrogen-bond donors (Lipinski definition) is 3. The van der Waals surface area contributed by atoms with Crippen molar-refractivity contribution >= 4 is 5.91 Å². The summed E-state index contributed by atoms with van der Waals surface area (Å²) in [6.45, 7) is 4.67. The molecule has 0 saturated heterocycles. The number of nitrogens with one attached hydrogen (secondary N) is 1. The van der Waals surface area contributed by atoms with E-state index < -0.39 is 12.2 Å². The number of hydrogen-bond acceptors (Lipinski definition) is 3. The number of amides is 1. The third kappa shape index (κ3) is 27.7. The van der Waals surface area contributed by atoms with Crippen LogP contribution in [0, 0.1) is 0 Å². The molecule has 0 aromatic heterocycles. The Labute approximate surface area is 230 Å². The normalized spacial score (nSPS) is 13.5. The molecule has 0 heterocycles. The maximum atomic E-state index is 12.1. The van der Waals surface area contributed by atoms with Crippen molar-refractivity contribution in [1.29, 1.82) is 0 Å².